The van der Waals surface area contributed by atoms with Crippen LogP contribution in [0.15, 0.2) is 0 Å². The maximum Gasteiger partial charge on any atom is 0.238 e. The van der Waals surface area contributed by atoms with Crippen LogP contribution in [-0.2, 0) is 13.8 Å². The molecule has 5 atom stereocenters. The lowest BCUT2D eigenvalue weighted by atomic mass is 9.81. The second-order valence-corrected chi connectivity index (χ2v) is 7.96. The van der Waals surface area contributed by atoms with E-state index in [4.69, 9.17) is 28.2 Å². The van der Waals surface area contributed by atoms with Gasteiger partial charge in [0.2, 0.25) is 6.54 Å². The fourth-order valence-corrected chi connectivity index (χ4v) is 3.76. The molecule has 21 heavy (non-hydrogen) atoms. The Bertz CT molecular complexity index is 337. The van der Waals surface area contributed by atoms with Gasteiger partial charge in [-0.25, -0.2) is 6.57 Å². The molecule has 118 valence electrons. The summed E-state index contributed by atoms with van der Waals surface area (Å²) in [6, 6.07) is -0.191. The van der Waals surface area contributed by atoms with Crippen molar-refractivity contribution in [1.29, 1.82) is 0 Å². The zero-order valence-corrected chi connectivity index (χ0v) is 14.5. The Kier molecular flexibility index (Phi) is 8.82. The maximum atomic E-state index is 6.79. The van der Waals surface area contributed by atoms with Crippen LogP contribution >= 0.6 is 8.38 Å². The van der Waals surface area contributed by atoms with Crippen molar-refractivity contribution >= 4 is 16.2 Å². The molecule has 1 saturated heterocycles. The van der Waals surface area contributed by atoms with Crippen LogP contribution in [0.4, 0.5) is 0 Å². The third-order valence-electron chi connectivity index (χ3n) is 3.81. The SMILES string of the molecule is [B][C@@H]1O[C@H](CCC)C(COP(OCC[N+]#[C-])C(C)C)[C@@H]1C. The second kappa shape index (κ2) is 9.80. The standard InChI is InChI=1S/C15H27BNO3P/c1-6-7-14-13(12(4)15(16)20-14)10-19-21(11(2)3)18-9-8-17-5/h11-15H,6-10H2,1-4H3/t12-,13?,14+,15+,21?/m0/s1. The van der Waals surface area contributed by atoms with E-state index in [1.165, 1.54) is 0 Å². The summed E-state index contributed by atoms with van der Waals surface area (Å²) in [5.41, 5.74) is 0.321. The van der Waals surface area contributed by atoms with Gasteiger partial charge in [-0.05, 0) is 12.3 Å². The Labute approximate surface area is 132 Å². The Morgan fingerprint density at radius 2 is 2.10 bits per heavy atom. The normalized spacial score (nSPS) is 30.5. The van der Waals surface area contributed by atoms with E-state index < -0.39 is 8.38 Å². The van der Waals surface area contributed by atoms with Crippen LogP contribution in [-0.4, -0.2) is 45.4 Å². The van der Waals surface area contributed by atoms with E-state index in [0.29, 0.717) is 37.3 Å². The monoisotopic (exact) mass is 311 g/mol. The number of rotatable bonds is 9. The summed E-state index contributed by atoms with van der Waals surface area (Å²) in [7, 11) is 5.07. The van der Waals surface area contributed by atoms with E-state index in [0.717, 1.165) is 12.8 Å². The molecule has 6 heteroatoms. The molecular formula is C15H27BNO3P. The highest BCUT2D eigenvalue weighted by Gasteiger charge is 2.39. The van der Waals surface area contributed by atoms with Crippen LogP contribution in [0.3, 0.4) is 0 Å². The van der Waals surface area contributed by atoms with Crippen molar-refractivity contribution in [2.24, 2.45) is 11.8 Å². The molecule has 0 aromatic carbocycles. The molecule has 1 aliphatic heterocycles. The highest BCUT2D eigenvalue weighted by molar-refractivity contribution is 7.48. The Morgan fingerprint density at radius 3 is 2.67 bits per heavy atom. The van der Waals surface area contributed by atoms with Crippen molar-refractivity contribution in [1.82, 2.24) is 0 Å². The summed E-state index contributed by atoms with van der Waals surface area (Å²) in [5, 5.41) is 0. The van der Waals surface area contributed by atoms with E-state index in [-0.39, 0.29) is 12.1 Å². The van der Waals surface area contributed by atoms with Crippen molar-refractivity contribution < 1.29 is 13.8 Å². The second-order valence-electron chi connectivity index (χ2n) is 5.84. The molecule has 2 radical (unpaired) electrons. The predicted molar refractivity (Wildman–Crippen MR) is 87.4 cm³/mol. The molecular weight excluding hydrogens is 284 g/mol. The summed E-state index contributed by atoms with van der Waals surface area (Å²) >= 11 is 0. The molecule has 1 fully saturated rings. The lowest BCUT2D eigenvalue weighted by Gasteiger charge is -2.25. The topological polar surface area (TPSA) is 32.1 Å². The van der Waals surface area contributed by atoms with E-state index in [1.807, 2.05) is 0 Å². The van der Waals surface area contributed by atoms with Crippen molar-refractivity contribution in [3.63, 3.8) is 0 Å². The minimum atomic E-state index is -0.949. The molecule has 1 aliphatic rings. The van der Waals surface area contributed by atoms with Gasteiger partial charge in [-0.15, -0.1) is 0 Å². The molecule has 0 aliphatic carbocycles. The lowest BCUT2D eigenvalue weighted by molar-refractivity contribution is 0.0533. The van der Waals surface area contributed by atoms with Crippen LogP contribution in [0, 0.1) is 18.4 Å². The molecule has 0 saturated carbocycles. The summed E-state index contributed by atoms with van der Waals surface area (Å²) in [6.45, 7) is 16.7. The summed E-state index contributed by atoms with van der Waals surface area (Å²) in [5.74, 6) is 0.627. The van der Waals surface area contributed by atoms with Crippen molar-refractivity contribution in [3.8, 4) is 0 Å². The molecule has 0 amide bonds. The van der Waals surface area contributed by atoms with E-state index >= 15 is 0 Å². The van der Waals surface area contributed by atoms with Crippen LogP contribution in [0.1, 0.15) is 40.5 Å². The largest absolute Gasteiger partial charge is 0.384 e. The molecule has 0 spiro atoms. The molecule has 0 aromatic rings. The minimum absolute atomic E-state index is 0.187. The van der Waals surface area contributed by atoms with Crippen LogP contribution < -0.4 is 0 Å². The van der Waals surface area contributed by atoms with E-state index in [1.54, 1.807) is 0 Å². The van der Waals surface area contributed by atoms with E-state index in [2.05, 4.69) is 32.5 Å². The van der Waals surface area contributed by atoms with Gasteiger partial charge in [0, 0.05) is 17.6 Å². The third kappa shape index (κ3) is 5.87. The van der Waals surface area contributed by atoms with Crippen molar-refractivity contribution in [3.05, 3.63) is 11.4 Å². The number of hydrogen-bond acceptors (Lipinski definition) is 3. The average Bonchev–Trinajstić information content (AvgIpc) is 2.70. The summed E-state index contributed by atoms with van der Waals surface area (Å²) < 4.78 is 17.6. The minimum Gasteiger partial charge on any atom is -0.384 e. The fraction of sp³-hybridized carbons (Fsp3) is 0.933. The number of hydrogen-bond donors (Lipinski definition) is 0. The molecule has 0 bridgehead atoms. The summed E-state index contributed by atoms with van der Waals surface area (Å²) in [4.78, 5) is 3.31. The molecule has 0 N–H and O–H groups in total. The first-order valence-corrected chi connectivity index (χ1v) is 9.05. The van der Waals surface area contributed by atoms with Gasteiger partial charge in [0.05, 0.1) is 12.7 Å². The van der Waals surface area contributed by atoms with Gasteiger partial charge in [0.15, 0.2) is 8.38 Å². The first-order valence-electron chi connectivity index (χ1n) is 7.80. The fourth-order valence-electron chi connectivity index (χ4n) is 2.51. The van der Waals surface area contributed by atoms with E-state index in [9.17, 15) is 0 Å². The Morgan fingerprint density at radius 1 is 1.38 bits per heavy atom. The zero-order valence-electron chi connectivity index (χ0n) is 13.6. The summed E-state index contributed by atoms with van der Waals surface area (Å²) in [6.07, 6.45) is 2.29. The molecule has 1 rings (SSSR count). The molecule has 0 aromatic heterocycles. The van der Waals surface area contributed by atoms with Gasteiger partial charge in [-0.2, -0.15) is 0 Å². The number of nitrogens with zero attached hydrogens (tertiary/aromatic N) is 1. The first-order chi connectivity index (χ1) is 10.0. The third-order valence-corrected chi connectivity index (χ3v) is 5.50. The Balaban J connectivity index is 2.50. The lowest BCUT2D eigenvalue weighted by Crippen LogP contribution is -2.25. The van der Waals surface area contributed by atoms with Gasteiger partial charge in [0.1, 0.15) is 14.5 Å². The molecule has 4 nitrogen and oxygen atoms in total. The quantitative estimate of drug-likeness (QED) is 0.282. The number of ether oxygens (including phenoxy) is 1. The molecule has 1 heterocycles. The van der Waals surface area contributed by atoms with Gasteiger partial charge in [-0.3, -0.25) is 0 Å². The zero-order chi connectivity index (χ0) is 15.8. The highest BCUT2D eigenvalue weighted by atomic mass is 31.2. The maximum absolute atomic E-state index is 6.79. The predicted octanol–water partition coefficient (Wildman–Crippen LogP) is 3.60. The van der Waals surface area contributed by atoms with Crippen molar-refractivity contribution in [2.75, 3.05) is 19.8 Å². The first kappa shape index (κ1) is 18.9. The molecule has 2 unspecified atom stereocenters. The van der Waals surface area contributed by atoms with Gasteiger partial charge >= 0.3 is 0 Å². The average molecular weight is 311 g/mol. The van der Waals surface area contributed by atoms with Crippen molar-refractivity contribution in [2.45, 2.75) is 58.3 Å². The van der Waals surface area contributed by atoms with Crippen LogP contribution in [0.5, 0.6) is 0 Å². The van der Waals surface area contributed by atoms with Crippen LogP contribution in [0.25, 0.3) is 4.85 Å². The van der Waals surface area contributed by atoms with Crippen LogP contribution in [0.2, 0.25) is 0 Å². The Hall–Kier alpha value is -0.135. The van der Waals surface area contributed by atoms with Gasteiger partial charge in [0.25, 0.3) is 0 Å². The van der Waals surface area contributed by atoms with Gasteiger partial charge in [-0.1, -0.05) is 34.1 Å². The highest BCUT2D eigenvalue weighted by Crippen LogP contribution is 2.45. The smallest absolute Gasteiger partial charge is 0.238 e. The van der Waals surface area contributed by atoms with Gasteiger partial charge < -0.3 is 18.6 Å².